The van der Waals surface area contributed by atoms with Gasteiger partial charge in [0.2, 0.25) is 5.91 Å². The van der Waals surface area contributed by atoms with Crippen LogP contribution in [0.25, 0.3) is 0 Å². The van der Waals surface area contributed by atoms with E-state index in [0.717, 1.165) is 16.9 Å². The maximum Gasteiger partial charge on any atom is 0.238 e. The lowest BCUT2D eigenvalue weighted by molar-refractivity contribution is -0.115. The van der Waals surface area contributed by atoms with Crippen molar-refractivity contribution in [2.75, 3.05) is 32.2 Å². The Balaban J connectivity index is 1.49. The molecule has 0 radical (unpaired) electrons. The molecule has 0 saturated carbocycles. The summed E-state index contributed by atoms with van der Waals surface area (Å²) in [6.45, 7) is 0.888. The first-order valence-corrected chi connectivity index (χ1v) is 10.4. The standard InChI is InChI=1S/C24H22ClFN2O4/c1-30-18-8-4-16(5-9-18)24(15-2-6-17(26)7-3-15)27-14-23(29)28-20-13-22-21(12-19(20)25)31-10-11-32-22/h2-9,12-13,24,27H,10-11,14H2,1H3,(H,28,29). The zero-order valence-corrected chi connectivity index (χ0v) is 18.1. The van der Waals surface area contributed by atoms with Crippen molar-refractivity contribution in [1.29, 1.82) is 0 Å². The van der Waals surface area contributed by atoms with Gasteiger partial charge in [-0.1, -0.05) is 35.9 Å². The Morgan fingerprint density at radius 3 is 2.25 bits per heavy atom. The zero-order chi connectivity index (χ0) is 22.5. The van der Waals surface area contributed by atoms with Crippen LogP contribution in [0, 0.1) is 5.82 Å². The van der Waals surface area contributed by atoms with Gasteiger partial charge in [0.1, 0.15) is 24.8 Å². The number of benzene rings is 3. The van der Waals surface area contributed by atoms with Crippen LogP contribution < -0.4 is 24.8 Å². The number of hydrogen-bond donors (Lipinski definition) is 2. The van der Waals surface area contributed by atoms with Gasteiger partial charge >= 0.3 is 0 Å². The number of nitrogens with one attached hydrogen (secondary N) is 2. The highest BCUT2D eigenvalue weighted by Gasteiger charge is 2.18. The van der Waals surface area contributed by atoms with Crippen molar-refractivity contribution in [2.24, 2.45) is 0 Å². The van der Waals surface area contributed by atoms with Crippen LogP contribution in [0.5, 0.6) is 17.2 Å². The second-order valence-electron chi connectivity index (χ2n) is 7.16. The molecule has 1 heterocycles. The van der Waals surface area contributed by atoms with Crippen molar-refractivity contribution in [3.63, 3.8) is 0 Å². The Kier molecular flexibility index (Phi) is 6.78. The second kappa shape index (κ2) is 9.89. The van der Waals surface area contributed by atoms with Gasteiger partial charge in [-0.2, -0.15) is 0 Å². The van der Waals surface area contributed by atoms with Gasteiger partial charge in [-0.05, 0) is 35.4 Å². The van der Waals surface area contributed by atoms with Crippen LogP contribution in [0.15, 0.2) is 60.7 Å². The Morgan fingerprint density at radius 2 is 1.62 bits per heavy atom. The van der Waals surface area contributed by atoms with Crippen LogP contribution in [-0.2, 0) is 4.79 Å². The van der Waals surface area contributed by atoms with Gasteiger partial charge in [0.05, 0.1) is 30.4 Å². The molecule has 1 unspecified atom stereocenters. The smallest absolute Gasteiger partial charge is 0.238 e. The van der Waals surface area contributed by atoms with Crippen LogP contribution >= 0.6 is 11.6 Å². The normalized spacial score (nSPS) is 13.3. The molecule has 6 nitrogen and oxygen atoms in total. The zero-order valence-electron chi connectivity index (χ0n) is 17.4. The number of carbonyl (C=O) groups is 1. The molecule has 1 atom stereocenters. The predicted octanol–water partition coefficient (Wildman–Crippen LogP) is 4.58. The summed E-state index contributed by atoms with van der Waals surface area (Å²) >= 11 is 6.29. The molecular weight excluding hydrogens is 435 g/mol. The van der Waals surface area contributed by atoms with E-state index >= 15 is 0 Å². The van der Waals surface area contributed by atoms with Crippen molar-refractivity contribution >= 4 is 23.2 Å². The molecule has 0 fully saturated rings. The van der Waals surface area contributed by atoms with Gasteiger partial charge < -0.3 is 19.5 Å². The van der Waals surface area contributed by atoms with E-state index in [0.29, 0.717) is 35.4 Å². The first kappa shape index (κ1) is 21.9. The molecule has 0 spiro atoms. The van der Waals surface area contributed by atoms with E-state index in [1.54, 1.807) is 31.4 Å². The van der Waals surface area contributed by atoms with Gasteiger partial charge in [-0.15, -0.1) is 0 Å². The summed E-state index contributed by atoms with van der Waals surface area (Å²) in [7, 11) is 1.60. The molecule has 0 saturated heterocycles. The van der Waals surface area contributed by atoms with E-state index in [9.17, 15) is 9.18 Å². The number of anilines is 1. The quantitative estimate of drug-likeness (QED) is 0.545. The minimum Gasteiger partial charge on any atom is -0.497 e. The number of amides is 1. The number of carbonyl (C=O) groups excluding carboxylic acids is 1. The molecule has 3 aromatic carbocycles. The minimum atomic E-state index is -0.331. The molecule has 1 aliphatic rings. The molecule has 4 rings (SSSR count). The molecular formula is C24H22ClFN2O4. The Bertz CT molecular complexity index is 1090. The predicted molar refractivity (Wildman–Crippen MR) is 120 cm³/mol. The van der Waals surface area contributed by atoms with Crippen molar-refractivity contribution in [3.8, 4) is 17.2 Å². The van der Waals surface area contributed by atoms with Gasteiger partial charge in [0.25, 0.3) is 0 Å². The largest absolute Gasteiger partial charge is 0.497 e. The molecule has 0 aliphatic carbocycles. The fraction of sp³-hybridized carbons (Fsp3) is 0.208. The summed E-state index contributed by atoms with van der Waals surface area (Å²) < 4.78 is 29.7. The van der Waals surface area contributed by atoms with Gasteiger partial charge in [0.15, 0.2) is 11.5 Å². The molecule has 1 aliphatic heterocycles. The lowest BCUT2D eigenvalue weighted by Crippen LogP contribution is -2.32. The van der Waals surface area contributed by atoms with E-state index < -0.39 is 0 Å². The highest BCUT2D eigenvalue weighted by Crippen LogP contribution is 2.38. The van der Waals surface area contributed by atoms with E-state index in [-0.39, 0.29) is 24.3 Å². The van der Waals surface area contributed by atoms with Crippen molar-refractivity contribution in [1.82, 2.24) is 5.32 Å². The maximum atomic E-state index is 13.4. The number of fused-ring (bicyclic) bond motifs is 1. The third-order valence-electron chi connectivity index (χ3n) is 5.03. The lowest BCUT2D eigenvalue weighted by atomic mass is 9.98. The van der Waals surface area contributed by atoms with Gasteiger partial charge in [0, 0.05) is 12.1 Å². The summed E-state index contributed by atoms with van der Waals surface area (Å²) in [6, 6.07) is 16.6. The fourth-order valence-electron chi connectivity index (χ4n) is 3.43. The third-order valence-corrected chi connectivity index (χ3v) is 5.34. The van der Waals surface area contributed by atoms with Crippen LogP contribution in [0.3, 0.4) is 0 Å². The maximum absolute atomic E-state index is 13.4. The second-order valence-corrected chi connectivity index (χ2v) is 7.57. The van der Waals surface area contributed by atoms with Crippen LogP contribution in [0.2, 0.25) is 5.02 Å². The molecule has 0 aromatic heterocycles. The molecule has 0 bridgehead atoms. The summed E-state index contributed by atoms with van der Waals surface area (Å²) in [5, 5.41) is 6.39. The molecule has 3 aromatic rings. The number of methoxy groups -OCH3 is 1. The fourth-order valence-corrected chi connectivity index (χ4v) is 3.63. The van der Waals surface area contributed by atoms with E-state index in [4.69, 9.17) is 25.8 Å². The molecule has 1 amide bonds. The van der Waals surface area contributed by atoms with Crippen molar-refractivity contribution < 1.29 is 23.4 Å². The van der Waals surface area contributed by atoms with Gasteiger partial charge in [-0.3, -0.25) is 10.1 Å². The number of halogens is 2. The summed E-state index contributed by atoms with van der Waals surface area (Å²) in [4.78, 5) is 12.7. The monoisotopic (exact) mass is 456 g/mol. The molecule has 32 heavy (non-hydrogen) atoms. The molecule has 166 valence electrons. The number of ether oxygens (including phenoxy) is 3. The summed E-state index contributed by atoms with van der Waals surface area (Å²) in [6.07, 6.45) is 0. The average Bonchev–Trinajstić information content (AvgIpc) is 2.81. The number of rotatable bonds is 7. The Hall–Kier alpha value is -3.29. The SMILES string of the molecule is COc1ccc(C(NCC(=O)Nc2cc3c(cc2Cl)OCCO3)c2ccc(F)cc2)cc1. The Morgan fingerprint density at radius 1 is 1.03 bits per heavy atom. The van der Waals surface area contributed by atoms with E-state index in [2.05, 4.69) is 10.6 Å². The first-order valence-electron chi connectivity index (χ1n) is 10.1. The molecule has 8 heteroatoms. The van der Waals surface area contributed by atoms with Crippen LogP contribution in [-0.4, -0.2) is 32.8 Å². The van der Waals surface area contributed by atoms with E-state index in [1.807, 2.05) is 24.3 Å². The summed E-state index contributed by atoms with van der Waals surface area (Å²) in [5.74, 6) is 1.19. The third kappa shape index (κ3) is 5.12. The lowest BCUT2D eigenvalue weighted by Gasteiger charge is -2.21. The van der Waals surface area contributed by atoms with Crippen LogP contribution in [0.4, 0.5) is 10.1 Å². The topological polar surface area (TPSA) is 68.8 Å². The number of hydrogen-bond acceptors (Lipinski definition) is 5. The van der Waals surface area contributed by atoms with Gasteiger partial charge in [-0.25, -0.2) is 4.39 Å². The molecule has 2 N–H and O–H groups in total. The average molecular weight is 457 g/mol. The first-order chi connectivity index (χ1) is 15.5. The minimum absolute atomic E-state index is 0.00115. The van der Waals surface area contributed by atoms with Crippen molar-refractivity contribution in [3.05, 3.63) is 82.6 Å². The highest BCUT2D eigenvalue weighted by atomic mass is 35.5. The Labute approximate surface area is 190 Å². The van der Waals surface area contributed by atoms with Crippen molar-refractivity contribution in [2.45, 2.75) is 6.04 Å². The highest BCUT2D eigenvalue weighted by molar-refractivity contribution is 6.34. The summed E-state index contributed by atoms with van der Waals surface area (Å²) in [5.41, 5.74) is 2.16. The van der Waals surface area contributed by atoms with E-state index in [1.165, 1.54) is 12.1 Å². The van der Waals surface area contributed by atoms with Crippen LogP contribution in [0.1, 0.15) is 17.2 Å².